The quantitative estimate of drug-likeness (QED) is 0.633. The van der Waals surface area contributed by atoms with Crippen molar-refractivity contribution < 1.29 is 18.7 Å². The maximum absolute atomic E-state index is 13.2. The van der Waals surface area contributed by atoms with E-state index >= 15 is 0 Å². The summed E-state index contributed by atoms with van der Waals surface area (Å²) >= 11 is 1.44. The zero-order valence-electron chi connectivity index (χ0n) is 14.3. The molecule has 138 valence electrons. The molecule has 3 aromatic rings. The summed E-state index contributed by atoms with van der Waals surface area (Å²) in [6, 6.07) is 14.3. The first-order valence-electron chi connectivity index (χ1n) is 8.24. The van der Waals surface area contributed by atoms with Gasteiger partial charge >= 0.3 is 0 Å². The largest absolute Gasteiger partial charge is 0.457 e. The Balaban J connectivity index is 1.45. The molecular weight excluding hydrogens is 367 g/mol. The molecule has 0 atom stereocenters. The van der Waals surface area contributed by atoms with Crippen molar-refractivity contribution in [2.75, 3.05) is 11.9 Å². The van der Waals surface area contributed by atoms with Crippen molar-refractivity contribution in [1.82, 2.24) is 5.32 Å². The number of nitrogens with one attached hydrogen (secondary N) is 2. The molecule has 1 heterocycles. The van der Waals surface area contributed by atoms with Crippen LogP contribution >= 0.6 is 11.3 Å². The average Bonchev–Trinajstić information content (AvgIpc) is 3.18. The first kappa shape index (κ1) is 18.6. The Morgan fingerprint density at radius 3 is 2.56 bits per heavy atom. The number of amides is 2. The first-order valence-corrected chi connectivity index (χ1v) is 9.18. The Bertz CT molecular complexity index is 911. The zero-order valence-corrected chi connectivity index (χ0v) is 15.1. The molecule has 0 aliphatic rings. The van der Waals surface area contributed by atoms with E-state index in [1.165, 1.54) is 23.5 Å². The number of rotatable bonds is 7. The number of hydrogen-bond donors (Lipinski definition) is 2. The highest BCUT2D eigenvalue weighted by Gasteiger charge is 2.07. The molecule has 2 amide bonds. The summed E-state index contributed by atoms with van der Waals surface area (Å²) in [5, 5.41) is 9.02. The second-order valence-electron chi connectivity index (χ2n) is 5.65. The monoisotopic (exact) mass is 384 g/mol. The van der Waals surface area contributed by atoms with Crippen molar-refractivity contribution >= 4 is 28.8 Å². The lowest BCUT2D eigenvalue weighted by Gasteiger charge is -2.08. The van der Waals surface area contributed by atoms with E-state index < -0.39 is 0 Å². The fourth-order valence-electron chi connectivity index (χ4n) is 2.28. The molecule has 0 aliphatic heterocycles. The predicted octanol–water partition coefficient (Wildman–Crippen LogP) is 4.44. The van der Waals surface area contributed by atoms with E-state index in [2.05, 4.69) is 10.6 Å². The van der Waals surface area contributed by atoms with Crippen molar-refractivity contribution in [3.8, 4) is 11.5 Å². The van der Waals surface area contributed by atoms with Crippen molar-refractivity contribution in [2.24, 2.45) is 0 Å². The van der Waals surface area contributed by atoms with Gasteiger partial charge < -0.3 is 15.4 Å². The van der Waals surface area contributed by atoms with Gasteiger partial charge in [0.25, 0.3) is 5.91 Å². The number of carbonyl (C=O) groups is 2. The lowest BCUT2D eigenvalue weighted by molar-refractivity contribution is -0.116. The lowest BCUT2D eigenvalue weighted by Crippen LogP contribution is -2.27. The Hall–Kier alpha value is -3.19. The van der Waals surface area contributed by atoms with Gasteiger partial charge in [0.2, 0.25) is 5.91 Å². The van der Waals surface area contributed by atoms with Gasteiger partial charge in [0.05, 0.1) is 0 Å². The van der Waals surface area contributed by atoms with Crippen LogP contribution in [0.5, 0.6) is 11.5 Å². The van der Waals surface area contributed by atoms with E-state index in [1.807, 2.05) is 5.38 Å². The Kier molecular flexibility index (Phi) is 6.17. The molecule has 0 bridgehead atoms. The Morgan fingerprint density at radius 1 is 1.04 bits per heavy atom. The van der Waals surface area contributed by atoms with E-state index in [0.717, 1.165) is 0 Å². The molecule has 0 radical (unpaired) electrons. The van der Waals surface area contributed by atoms with Gasteiger partial charge in [0, 0.05) is 35.7 Å². The topological polar surface area (TPSA) is 67.4 Å². The number of anilines is 1. The maximum Gasteiger partial charge on any atom is 0.252 e. The molecule has 0 unspecified atom stereocenters. The Labute approximate surface area is 159 Å². The van der Waals surface area contributed by atoms with Gasteiger partial charge in [-0.15, -0.1) is 0 Å². The highest BCUT2D eigenvalue weighted by atomic mass is 32.1. The van der Waals surface area contributed by atoms with Crippen LogP contribution in [0.25, 0.3) is 0 Å². The normalized spacial score (nSPS) is 10.3. The molecular formula is C20H17FN2O3S. The molecule has 0 saturated heterocycles. The smallest absolute Gasteiger partial charge is 0.252 e. The van der Waals surface area contributed by atoms with E-state index in [0.29, 0.717) is 22.7 Å². The second kappa shape index (κ2) is 8.95. The van der Waals surface area contributed by atoms with E-state index in [9.17, 15) is 14.0 Å². The van der Waals surface area contributed by atoms with Crippen LogP contribution in [-0.4, -0.2) is 18.4 Å². The number of ether oxygens (including phenoxy) is 1. The third kappa shape index (κ3) is 5.65. The van der Waals surface area contributed by atoms with Gasteiger partial charge in [-0.2, -0.15) is 11.3 Å². The van der Waals surface area contributed by atoms with Crippen LogP contribution in [0.4, 0.5) is 10.1 Å². The first-order chi connectivity index (χ1) is 13.1. The number of thiophene rings is 1. The summed E-state index contributed by atoms with van der Waals surface area (Å²) in [6.45, 7) is 0.251. The van der Waals surface area contributed by atoms with Crippen molar-refractivity contribution in [2.45, 2.75) is 6.42 Å². The molecule has 3 rings (SSSR count). The minimum absolute atomic E-state index is 0.164. The predicted molar refractivity (Wildman–Crippen MR) is 103 cm³/mol. The molecule has 0 spiro atoms. The van der Waals surface area contributed by atoms with E-state index in [-0.39, 0.29) is 30.6 Å². The molecule has 1 aromatic heterocycles. The summed E-state index contributed by atoms with van der Waals surface area (Å²) in [4.78, 5) is 23.7. The third-order valence-electron chi connectivity index (χ3n) is 3.59. The highest BCUT2D eigenvalue weighted by molar-refractivity contribution is 7.08. The summed E-state index contributed by atoms with van der Waals surface area (Å²) in [5.41, 5.74) is 1.20. The molecule has 7 heteroatoms. The highest BCUT2D eigenvalue weighted by Crippen LogP contribution is 2.23. The Morgan fingerprint density at radius 2 is 1.85 bits per heavy atom. The minimum atomic E-state index is -0.373. The van der Waals surface area contributed by atoms with Gasteiger partial charge in [-0.3, -0.25) is 9.59 Å². The molecule has 0 fully saturated rings. The van der Waals surface area contributed by atoms with Crippen molar-refractivity contribution in [3.05, 3.63) is 76.7 Å². The van der Waals surface area contributed by atoms with Gasteiger partial charge in [0.15, 0.2) is 0 Å². The standard InChI is InChI=1S/C20H17FN2O3S/c21-15-2-1-3-18(12-15)26-17-6-4-16(5-7-17)23-19(24)8-10-22-20(25)14-9-11-27-13-14/h1-7,9,11-13H,8,10H2,(H,22,25)(H,23,24). The molecule has 0 saturated carbocycles. The van der Waals surface area contributed by atoms with Crippen LogP contribution in [0.1, 0.15) is 16.8 Å². The maximum atomic E-state index is 13.2. The van der Waals surface area contributed by atoms with Gasteiger partial charge in [-0.05, 0) is 47.8 Å². The number of halogens is 1. The third-order valence-corrected chi connectivity index (χ3v) is 4.27. The SMILES string of the molecule is O=C(CCNC(=O)c1ccsc1)Nc1ccc(Oc2cccc(F)c2)cc1. The van der Waals surface area contributed by atoms with Gasteiger partial charge in [-0.1, -0.05) is 6.07 Å². The van der Waals surface area contributed by atoms with Crippen LogP contribution in [-0.2, 0) is 4.79 Å². The summed E-state index contributed by atoms with van der Waals surface area (Å²) < 4.78 is 18.7. The summed E-state index contributed by atoms with van der Waals surface area (Å²) in [5.74, 6) is 0.152. The van der Waals surface area contributed by atoms with Crippen LogP contribution < -0.4 is 15.4 Å². The molecule has 5 nitrogen and oxygen atoms in total. The van der Waals surface area contributed by atoms with Crippen LogP contribution in [0, 0.1) is 5.82 Å². The summed E-state index contributed by atoms with van der Waals surface area (Å²) in [6.07, 6.45) is 0.164. The minimum Gasteiger partial charge on any atom is -0.457 e. The van der Waals surface area contributed by atoms with Crippen molar-refractivity contribution in [3.63, 3.8) is 0 Å². The van der Waals surface area contributed by atoms with Crippen molar-refractivity contribution in [1.29, 1.82) is 0 Å². The fraction of sp³-hybridized carbons (Fsp3) is 0.100. The molecule has 0 aliphatic carbocycles. The van der Waals surface area contributed by atoms with Crippen LogP contribution in [0.2, 0.25) is 0 Å². The van der Waals surface area contributed by atoms with Crippen LogP contribution in [0.3, 0.4) is 0 Å². The lowest BCUT2D eigenvalue weighted by atomic mass is 10.2. The molecule has 2 aromatic carbocycles. The number of carbonyl (C=O) groups excluding carboxylic acids is 2. The average molecular weight is 384 g/mol. The molecule has 27 heavy (non-hydrogen) atoms. The zero-order chi connectivity index (χ0) is 19.1. The number of hydrogen-bond acceptors (Lipinski definition) is 4. The van der Waals surface area contributed by atoms with Crippen LogP contribution in [0.15, 0.2) is 65.4 Å². The van der Waals surface area contributed by atoms with E-state index in [1.54, 1.807) is 47.8 Å². The van der Waals surface area contributed by atoms with E-state index in [4.69, 9.17) is 4.74 Å². The summed E-state index contributed by atoms with van der Waals surface area (Å²) in [7, 11) is 0. The fourth-order valence-corrected chi connectivity index (χ4v) is 2.92. The van der Waals surface area contributed by atoms with Gasteiger partial charge in [-0.25, -0.2) is 4.39 Å². The second-order valence-corrected chi connectivity index (χ2v) is 6.43. The molecule has 2 N–H and O–H groups in total. The van der Waals surface area contributed by atoms with Gasteiger partial charge in [0.1, 0.15) is 17.3 Å². The number of benzene rings is 2.